The van der Waals surface area contributed by atoms with E-state index in [-0.39, 0.29) is 23.2 Å². The van der Waals surface area contributed by atoms with E-state index in [0.717, 1.165) is 34.3 Å². The van der Waals surface area contributed by atoms with E-state index in [2.05, 4.69) is 10.3 Å². The normalized spacial score (nSPS) is 19.3. The molecule has 1 aromatic carbocycles. The second kappa shape index (κ2) is 9.30. The molecule has 3 rings (SSSR count). The summed E-state index contributed by atoms with van der Waals surface area (Å²) in [6.45, 7) is 5.43. The van der Waals surface area contributed by atoms with Crippen molar-refractivity contribution in [2.75, 3.05) is 6.61 Å². The highest BCUT2D eigenvalue weighted by Crippen LogP contribution is 2.34. The van der Waals surface area contributed by atoms with Gasteiger partial charge in [-0.1, -0.05) is 18.2 Å². The number of imide groups is 1. The predicted molar refractivity (Wildman–Crippen MR) is 113 cm³/mol. The summed E-state index contributed by atoms with van der Waals surface area (Å²) in [5.41, 5.74) is 2.68. The molecule has 2 heterocycles. The summed E-state index contributed by atoms with van der Waals surface area (Å²) in [6, 6.07) is 11.3. The molecule has 0 spiro atoms. The van der Waals surface area contributed by atoms with Crippen molar-refractivity contribution < 1.29 is 23.9 Å². The smallest absolute Gasteiger partial charge is 0.303 e. The number of carbonyl (C=O) groups excluding carboxylic acids is 3. The number of benzene rings is 1. The topological polar surface area (TPSA) is 94.6 Å². The van der Waals surface area contributed by atoms with Crippen LogP contribution in [0.3, 0.4) is 0 Å². The van der Waals surface area contributed by atoms with E-state index in [1.807, 2.05) is 36.4 Å². The zero-order valence-electron chi connectivity index (χ0n) is 17.1. The summed E-state index contributed by atoms with van der Waals surface area (Å²) in [7, 11) is 0. The quantitative estimate of drug-likeness (QED) is 0.642. The van der Waals surface area contributed by atoms with Gasteiger partial charge in [0.2, 0.25) is 5.91 Å². The van der Waals surface area contributed by atoms with Crippen LogP contribution in [0.2, 0.25) is 0 Å². The van der Waals surface area contributed by atoms with Gasteiger partial charge in [-0.2, -0.15) is 0 Å². The Morgan fingerprint density at radius 1 is 1.20 bits per heavy atom. The van der Waals surface area contributed by atoms with E-state index in [0.29, 0.717) is 19.4 Å². The highest BCUT2D eigenvalue weighted by molar-refractivity contribution is 8.16. The molecule has 1 aliphatic rings. The lowest BCUT2D eigenvalue weighted by Crippen LogP contribution is -2.35. The Morgan fingerprint density at radius 3 is 2.50 bits per heavy atom. The molecule has 158 valence electrons. The molecule has 0 saturated carbocycles. The van der Waals surface area contributed by atoms with Gasteiger partial charge < -0.3 is 9.47 Å². The van der Waals surface area contributed by atoms with Crippen LogP contribution in [0.1, 0.15) is 43.7 Å². The summed E-state index contributed by atoms with van der Waals surface area (Å²) < 4.78 is 10.1. The maximum Gasteiger partial charge on any atom is 0.303 e. The molecular weight excluding hydrogens is 404 g/mol. The zero-order valence-corrected chi connectivity index (χ0v) is 18.0. The van der Waals surface area contributed by atoms with Crippen LogP contribution in [0.5, 0.6) is 5.75 Å². The maximum atomic E-state index is 12.0. The molecule has 0 bridgehead atoms. The van der Waals surface area contributed by atoms with Gasteiger partial charge in [0, 0.05) is 30.8 Å². The molecule has 2 amide bonds. The van der Waals surface area contributed by atoms with Gasteiger partial charge >= 0.3 is 5.97 Å². The standard InChI is InChI=1S/C22H24N2O5S/c1-14(29-15(2)25)17-6-7-18(23-13-17)10-11-28-19-8-4-16(5-9-19)12-22(3)20(26)24-21(27)30-22/h4-9,13-14H,10-12H2,1-3H3,(H,24,26,27). The number of thioether (sulfide) groups is 1. The van der Waals surface area contributed by atoms with Crippen molar-refractivity contribution in [3.63, 3.8) is 0 Å². The Bertz CT molecular complexity index is 930. The lowest BCUT2D eigenvalue weighted by Gasteiger charge is -2.18. The monoisotopic (exact) mass is 428 g/mol. The van der Waals surface area contributed by atoms with Crippen LogP contribution in [0.4, 0.5) is 4.79 Å². The minimum atomic E-state index is -0.774. The van der Waals surface area contributed by atoms with Crippen molar-refractivity contribution in [2.24, 2.45) is 0 Å². The molecule has 0 aliphatic carbocycles. The van der Waals surface area contributed by atoms with Gasteiger partial charge in [0.1, 0.15) is 16.6 Å². The van der Waals surface area contributed by atoms with E-state index < -0.39 is 4.75 Å². The zero-order chi connectivity index (χ0) is 21.7. The first-order chi connectivity index (χ1) is 14.2. The Labute approximate surface area is 179 Å². The van der Waals surface area contributed by atoms with E-state index in [4.69, 9.17) is 9.47 Å². The van der Waals surface area contributed by atoms with Gasteiger partial charge in [-0.3, -0.25) is 24.7 Å². The van der Waals surface area contributed by atoms with Gasteiger partial charge in [0.15, 0.2) is 0 Å². The molecule has 1 aliphatic heterocycles. The van der Waals surface area contributed by atoms with Gasteiger partial charge in [0.05, 0.1) is 6.61 Å². The summed E-state index contributed by atoms with van der Waals surface area (Å²) >= 11 is 1.03. The number of nitrogens with zero attached hydrogens (tertiary/aromatic N) is 1. The van der Waals surface area contributed by atoms with Crippen LogP contribution >= 0.6 is 11.8 Å². The van der Waals surface area contributed by atoms with E-state index in [1.165, 1.54) is 6.92 Å². The molecule has 1 saturated heterocycles. The fourth-order valence-corrected chi connectivity index (χ4v) is 4.06. The molecule has 2 aromatic rings. The third-order valence-electron chi connectivity index (χ3n) is 4.77. The number of nitrogens with one attached hydrogen (secondary N) is 1. The number of ether oxygens (including phenoxy) is 2. The minimum absolute atomic E-state index is 0.251. The van der Waals surface area contributed by atoms with Crippen molar-refractivity contribution in [3.8, 4) is 5.75 Å². The van der Waals surface area contributed by atoms with Gasteiger partial charge in [-0.25, -0.2) is 0 Å². The van der Waals surface area contributed by atoms with Gasteiger partial charge in [-0.15, -0.1) is 0 Å². The SMILES string of the molecule is CC(=O)OC(C)c1ccc(CCOc2ccc(CC3(C)SC(=O)NC3=O)cc2)nc1. The van der Waals surface area contributed by atoms with E-state index in [1.54, 1.807) is 20.0 Å². The fraction of sp³-hybridized carbons (Fsp3) is 0.364. The van der Waals surface area contributed by atoms with Crippen LogP contribution < -0.4 is 10.1 Å². The molecule has 2 unspecified atom stereocenters. The van der Waals surface area contributed by atoms with E-state index in [9.17, 15) is 14.4 Å². The molecular formula is C22H24N2O5S. The lowest BCUT2D eigenvalue weighted by atomic mass is 9.99. The third kappa shape index (κ3) is 5.60. The van der Waals surface area contributed by atoms with Gasteiger partial charge in [0.25, 0.3) is 5.24 Å². The molecule has 30 heavy (non-hydrogen) atoms. The molecule has 1 fully saturated rings. The van der Waals surface area contributed by atoms with Crippen LogP contribution in [-0.2, 0) is 27.2 Å². The summed E-state index contributed by atoms with van der Waals surface area (Å²) in [5, 5.41) is 2.03. The predicted octanol–water partition coefficient (Wildman–Crippen LogP) is 3.61. The third-order valence-corrected chi connectivity index (χ3v) is 5.83. The highest BCUT2D eigenvalue weighted by Gasteiger charge is 2.43. The Kier molecular flexibility index (Phi) is 6.77. The number of aromatic nitrogens is 1. The van der Waals surface area contributed by atoms with Crippen LogP contribution in [0.15, 0.2) is 42.6 Å². The molecule has 8 heteroatoms. The van der Waals surface area contributed by atoms with E-state index >= 15 is 0 Å². The number of amides is 2. The number of hydrogen-bond donors (Lipinski definition) is 1. The van der Waals surface area contributed by atoms with Crippen molar-refractivity contribution >= 4 is 28.9 Å². The van der Waals surface area contributed by atoms with Crippen molar-refractivity contribution in [1.82, 2.24) is 10.3 Å². The first-order valence-corrected chi connectivity index (χ1v) is 10.4. The molecule has 7 nitrogen and oxygen atoms in total. The van der Waals surface area contributed by atoms with Gasteiger partial charge in [-0.05, 0) is 55.8 Å². The van der Waals surface area contributed by atoms with Crippen LogP contribution in [0, 0.1) is 0 Å². The number of pyridine rings is 1. The molecule has 0 radical (unpaired) electrons. The van der Waals surface area contributed by atoms with Crippen LogP contribution in [0.25, 0.3) is 0 Å². The van der Waals surface area contributed by atoms with Crippen molar-refractivity contribution in [1.29, 1.82) is 0 Å². The largest absolute Gasteiger partial charge is 0.493 e. The van der Waals surface area contributed by atoms with Crippen molar-refractivity contribution in [2.45, 2.75) is 44.5 Å². The molecule has 2 atom stereocenters. The Hall–Kier alpha value is -2.87. The highest BCUT2D eigenvalue weighted by atomic mass is 32.2. The number of hydrogen-bond acceptors (Lipinski definition) is 7. The minimum Gasteiger partial charge on any atom is -0.493 e. The lowest BCUT2D eigenvalue weighted by molar-refractivity contribution is -0.145. The first-order valence-electron chi connectivity index (χ1n) is 9.63. The average Bonchev–Trinajstić information content (AvgIpc) is 2.94. The summed E-state index contributed by atoms with van der Waals surface area (Å²) in [4.78, 5) is 38.8. The molecule has 1 N–H and O–H groups in total. The number of carbonyl (C=O) groups is 3. The molecule has 1 aromatic heterocycles. The maximum absolute atomic E-state index is 12.0. The number of esters is 1. The fourth-order valence-electron chi connectivity index (χ4n) is 3.13. The Morgan fingerprint density at radius 2 is 1.93 bits per heavy atom. The summed E-state index contributed by atoms with van der Waals surface area (Å²) in [6.07, 6.45) is 2.49. The van der Waals surface area contributed by atoms with Crippen molar-refractivity contribution in [3.05, 3.63) is 59.4 Å². The Balaban J connectivity index is 1.48. The second-order valence-corrected chi connectivity index (χ2v) is 8.80. The summed E-state index contributed by atoms with van der Waals surface area (Å²) in [5.74, 6) is 0.154. The average molecular weight is 429 g/mol. The van der Waals surface area contributed by atoms with Crippen LogP contribution in [-0.4, -0.2) is 33.5 Å². The first kappa shape index (κ1) is 21.8. The second-order valence-electron chi connectivity index (χ2n) is 7.33. The number of rotatable bonds is 8.